The van der Waals surface area contributed by atoms with Crippen molar-refractivity contribution in [2.75, 3.05) is 5.32 Å². The van der Waals surface area contributed by atoms with Crippen LogP contribution < -0.4 is 11.1 Å². The number of carbonyl (C=O) groups is 1. The summed E-state index contributed by atoms with van der Waals surface area (Å²) < 4.78 is 0. The van der Waals surface area contributed by atoms with E-state index < -0.39 is 5.54 Å². The van der Waals surface area contributed by atoms with Gasteiger partial charge in [0.15, 0.2) is 0 Å². The van der Waals surface area contributed by atoms with Crippen molar-refractivity contribution in [1.29, 1.82) is 0 Å². The third kappa shape index (κ3) is 2.97. The highest BCUT2D eigenvalue weighted by Crippen LogP contribution is 2.10. The number of rotatable bonds is 2. The second-order valence-electron chi connectivity index (χ2n) is 3.54. The van der Waals surface area contributed by atoms with Crippen LogP contribution in [-0.4, -0.2) is 16.4 Å². The topological polar surface area (TPSA) is 68.0 Å². The Morgan fingerprint density at radius 3 is 2.64 bits per heavy atom. The van der Waals surface area contributed by atoms with Gasteiger partial charge in [0, 0.05) is 6.20 Å². The zero-order valence-corrected chi connectivity index (χ0v) is 8.80. The minimum Gasteiger partial charge on any atom is -0.318 e. The number of nitrogens with zero attached hydrogens (tertiary/aromatic N) is 1. The van der Waals surface area contributed by atoms with Crippen molar-refractivity contribution in [3.05, 3.63) is 23.4 Å². The summed E-state index contributed by atoms with van der Waals surface area (Å²) in [5.74, 6) is 0.158. The van der Waals surface area contributed by atoms with Gasteiger partial charge in [0.2, 0.25) is 5.91 Å². The molecule has 0 saturated heterocycles. The Labute approximate surface area is 87.5 Å². The number of amides is 1. The van der Waals surface area contributed by atoms with E-state index in [4.69, 9.17) is 17.3 Å². The Morgan fingerprint density at radius 1 is 1.57 bits per heavy atom. The largest absolute Gasteiger partial charge is 0.318 e. The molecule has 0 spiro atoms. The molecule has 0 saturated carbocycles. The Balaban J connectivity index is 2.71. The Kier molecular flexibility index (Phi) is 3.08. The first-order valence-corrected chi connectivity index (χ1v) is 4.49. The highest BCUT2D eigenvalue weighted by Gasteiger charge is 2.21. The van der Waals surface area contributed by atoms with Crippen LogP contribution in [0.15, 0.2) is 18.3 Å². The number of halogens is 1. The van der Waals surface area contributed by atoms with Crippen LogP contribution in [0, 0.1) is 0 Å². The summed E-state index contributed by atoms with van der Waals surface area (Å²) in [6.07, 6.45) is 1.46. The van der Waals surface area contributed by atoms with Gasteiger partial charge in [-0.2, -0.15) is 0 Å². The van der Waals surface area contributed by atoms with Gasteiger partial charge in [-0.1, -0.05) is 11.6 Å². The predicted molar refractivity (Wildman–Crippen MR) is 56.1 cm³/mol. The summed E-state index contributed by atoms with van der Waals surface area (Å²) in [5, 5.41) is 3.10. The van der Waals surface area contributed by atoms with Crippen LogP contribution in [0.25, 0.3) is 0 Å². The number of anilines is 1. The molecule has 0 bridgehead atoms. The molecule has 1 aromatic rings. The SMILES string of the molecule is CC(C)(N)C(=O)Nc1ccc(Cl)cn1. The maximum atomic E-state index is 11.4. The van der Waals surface area contributed by atoms with Gasteiger partial charge in [-0.05, 0) is 26.0 Å². The molecule has 5 heteroatoms. The second-order valence-corrected chi connectivity index (χ2v) is 3.97. The maximum Gasteiger partial charge on any atom is 0.245 e. The third-order valence-electron chi connectivity index (χ3n) is 1.55. The molecule has 0 fully saturated rings. The summed E-state index contributed by atoms with van der Waals surface area (Å²) in [4.78, 5) is 15.3. The molecule has 0 aliphatic rings. The van der Waals surface area contributed by atoms with Crippen molar-refractivity contribution in [2.45, 2.75) is 19.4 Å². The molecular formula is C9H12ClN3O. The second kappa shape index (κ2) is 3.94. The van der Waals surface area contributed by atoms with Gasteiger partial charge in [0.05, 0.1) is 10.6 Å². The lowest BCUT2D eigenvalue weighted by Crippen LogP contribution is -2.45. The normalized spacial score (nSPS) is 11.1. The molecule has 0 unspecified atom stereocenters. The van der Waals surface area contributed by atoms with E-state index in [2.05, 4.69) is 10.3 Å². The number of pyridine rings is 1. The average molecular weight is 214 g/mol. The molecule has 76 valence electrons. The smallest absolute Gasteiger partial charge is 0.245 e. The highest BCUT2D eigenvalue weighted by atomic mass is 35.5. The molecule has 0 atom stereocenters. The van der Waals surface area contributed by atoms with E-state index in [1.165, 1.54) is 6.20 Å². The molecule has 0 aliphatic carbocycles. The van der Waals surface area contributed by atoms with Crippen LogP contribution in [0.4, 0.5) is 5.82 Å². The first-order chi connectivity index (χ1) is 6.39. The van der Waals surface area contributed by atoms with Crippen LogP contribution in [0.2, 0.25) is 5.02 Å². The minimum atomic E-state index is -0.915. The van der Waals surface area contributed by atoms with Crippen LogP contribution >= 0.6 is 11.6 Å². The van der Waals surface area contributed by atoms with E-state index in [0.29, 0.717) is 10.8 Å². The van der Waals surface area contributed by atoms with Gasteiger partial charge in [-0.15, -0.1) is 0 Å². The zero-order chi connectivity index (χ0) is 10.8. The Hall–Kier alpha value is -1.13. The van der Waals surface area contributed by atoms with Crippen LogP contribution in [0.5, 0.6) is 0 Å². The summed E-state index contributed by atoms with van der Waals surface area (Å²) >= 11 is 5.64. The molecular weight excluding hydrogens is 202 g/mol. The highest BCUT2D eigenvalue weighted by molar-refractivity contribution is 6.30. The van der Waals surface area contributed by atoms with Crippen molar-refractivity contribution >= 4 is 23.3 Å². The first kappa shape index (κ1) is 10.9. The minimum absolute atomic E-state index is 0.285. The lowest BCUT2D eigenvalue weighted by atomic mass is 10.1. The molecule has 1 heterocycles. The van der Waals surface area contributed by atoms with Crippen molar-refractivity contribution in [1.82, 2.24) is 4.98 Å². The van der Waals surface area contributed by atoms with Gasteiger partial charge in [-0.25, -0.2) is 4.98 Å². The molecule has 1 amide bonds. The summed E-state index contributed by atoms with van der Waals surface area (Å²) in [6, 6.07) is 3.26. The molecule has 3 N–H and O–H groups in total. The number of nitrogens with two attached hydrogens (primary N) is 1. The lowest BCUT2D eigenvalue weighted by Gasteiger charge is -2.17. The lowest BCUT2D eigenvalue weighted by molar-refractivity contribution is -0.120. The third-order valence-corrected chi connectivity index (χ3v) is 1.78. The zero-order valence-electron chi connectivity index (χ0n) is 8.04. The van der Waals surface area contributed by atoms with E-state index in [1.807, 2.05) is 0 Å². The predicted octanol–water partition coefficient (Wildman–Crippen LogP) is 1.41. The number of hydrogen-bond donors (Lipinski definition) is 2. The molecule has 1 rings (SSSR count). The van der Waals surface area contributed by atoms with E-state index >= 15 is 0 Å². The molecule has 0 radical (unpaired) electrons. The fourth-order valence-electron chi connectivity index (χ4n) is 0.727. The monoisotopic (exact) mass is 213 g/mol. The van der Waals surface area contributed by atoms with Crippen LogP contribution in [-0.2, 0) is 4.79 Å². The fourth-order valence-corrected chi connectivity index (χ4v) is 0.839. The van der Waals surface area contributed by atoms with Gasteiger partial charge in [0.25, 0.3) is 0 Å². The van der Waals surface area contributed by atoms with Crippen molar-refractivity contribution in [3.63, 3.8) is 0 Å². The molecule has 0 aliphatic heterocycles. The summed E-state index contributed by atoms with van der Waals surface area (Å²) in [7, 11) is 0. The van der Waals surface area contributed by atoms with Crippen LogP contribution in [0.1, 0.15) is 13.8 Å². The number of aromatic nitrogens is 1. The fraction of sp³-hybridized carbons (Fsp3) is 0.333. The Morgan fingerprint density at radius 2 is 2.21 bits per heavy atom. The number of hydrogen-bond acceptors (Lipinski definition) is 3. The van der Waals surface area contributed by atoms with E-state index in [0.717, 1.165) is 0 Å². The standard InChI is InChI=1S/C9H12ClN3O/c1-9(2,11)8(14)13-7-4-3-6(10)5-12-7/h3-5H,11H2,1-2H3,(H,12,13,14). The van der Waals surface area contributed by atoms with Crippen molar-refractivity contribution in [2.24, 2.45) is 5.73 Å². The molecule has 4 nitrogen and oxygen atoms in total. The van der Waals surface area contributed by atoms with Gasteiger partial charge in [0.1, 0.15) is 5.82 Å². The van der Waals surface area contributed by atoms with Gasteiger partial charge in [-0.3, -0.25) is 4.79 Å². The van der Waals surface area contributed by atoms with Crippen LogP contribution in [0.3, 0.4) is 0 Å². The van der Waals surface area contributed by atoms with E-state index in [-0.39, 0.29) is 5.91 Å². The van der Waals surface area contributed by atoms with Gasteiger partial charge < -0.3 is 11.1 Å². The average Bonchev–Trinajstić information content (AvgIpc) is 2.07. The number of carbonyl (C=O) groups excluding carboxylic acids is 1. The molecule has 0 aromatic carbocycles. The molecule has 14 heavy (non-hydrogen) atoms. The maximum absolute atomic E-state index is 11.4. The van der Waals surface area contributed by atoms with E-state index in [9.17, 15) is 4.79 Å². The van der Waals surface area contributed by atoms with E-state index in [1.54, 1.807) is 26.0 Å². The quantitative estimate of drug-likeness (QED) is 0.781. The molecule has 1 aromatic heterocycles. The van der Waals surface area contributed by atoms with Crippen molar-refractivity contribution in [3.8, 4) is 0 Å². The van der Waals surface area contributed by atoms with Gasteiger partial charge >= 0.3 is 0 Å². The van der Waals surface area contributed by atoms with Crippen molar-refractivity contribution < 1.29 is 4.79 Å². The number of nitrogens with one attached hydrogen (secondary N) is 1. The first-order valence-electron chi connectivity index (χ1n) is 4.11. The Bertz CT molecular complexity index is 329. The summed E-state index contributed by atoms with van der Waals surface area (Å²) in [6.45, 7) is 3.25. The summed E-state index contributed by atoms with van der Waals surface area (Å²) in [5.41, 5.74) is 4.68.